The fourth-order valence-electron chi connectivity index (χ4n) is 1.60. The van der Waals surface area contributed by atoms with Gasteiger partial charge in [-0.15, -0.1) is 0 Å². The maximum absolute atomic E-state index is 5.99. The van der Waals surface area contributed by atoms with Crippen molar-refractivity contribution in [2.24, 2.45) is 0 Å². The van der Waals surface area contributed by atoms with Crippen molar-refractivity contribution in [3.8, 4) is 17.3 Å². The molecule has 0 unspecified atom stereocenters. The van der Waals surface area contributed by atoms with Crippen LogP contribution >= 0.6 is 34.8 Å². The lowest BCUT2D eigenvalue weighted by atomic mass is 10.2. The number of hydrogen-bond donors (Lipinski definition) is 0. The summed E-state index contributed by atoms with van der Waals surface area (Å²) >= 11 is 17.8. The molecule has 2 heterocycles. The second-order valence-corrected chi connectivity index (χ2v) is 4.98. The first-order valence-corrected chi connectivity index (χ1v) is 6.62. The smallest absolute Gasteiger partial charge is 0.239 e. The Labute approximate surface area is 129 Å². The van der Waals surface area contributed by atoms with Gasteiger partial charge in [0.25, 0.3) is 0 Å². The molecule has 0 aliphatic heterocycles. The largest absolute Gasteiger partial charge is 0.274 e. The molecule has 20 heavy (non-hydrogen) atoms. The van der Waals surface area contributed by atoms with Gasteiger partial charge in [-0.1, -0.05) is 23.2 Å². The molecule has 0 aliphatic carbocycles. The van der Waals surface area contributed by atoms with E-state index in [2.05, 4.69) is 19.9 Å². The van der Waals surface area contributed by atoms with Gasteiger partial charge >= 0.3 is 0 Å². The van der Waals surface area contributed by atoms with Crippen molar-refractivity contribution in [2.45, 2.75) is 0 Å². The molecule has 3 aromatic rings. The van der Waals surface area contributed by atoms with E-state index in [4.69, 9.17) is 34.8 Å². The highest BCUT2D eigenvalue weighted by molar-refractivity contribution is 6.42. The summed E-state index contributed by atoms with van der Waals surface area (Å²) in [5, 5.41) is 0.972. The summed E-state index contributed by atoms with van der Waals surface area (Å²) in [5.41, 5.74) is 0.699. The van der Waals surface area contributed by atoms with Gasteiger partial charge in [0.1, 0.15) is 6.33 Å². The van der Waals surface area contributed by atoms with Gasteiger partial charge < -0.3 is 0 Å². The van der Waals surface area contributed by atoms with Gasteiger partial charge in [0, 0.05) is 18.0 Å². The first-order chi connectivity index (χ1) is 9.63. The van der Waals surface area contributed by atoms with E-state index >= 15 is 0 Å². The molecule has 2 aromatic heterocycles. The second-order valence-electron chi connectivity index (χ2n) is 3.83. The zero-order valence-corrected chi connectivity index (χ0v) is 12.1. The van der Waals surface area contributed by atoms with Crippen LogP contribution in [-0.2, 0) is 0 Å². The number of benzene rings is 1. The molecular formula is C12H6Cl3N5. The molecule has 0 atom stereocenters. The molecule has 0 saturated carbocycles. The second kappa shape index (κ2) is 5.36. The van der Waals surface area contributed by atoms with Crippen molar-refractivity contribution in [3.05, 3.63) is 52.2 Å². The maximum atomic E-state index is 5.99. The Hall–Kier alpha value is -1.69. The van der Waals surface area contributed by atoms with E-state index in [1.54, 1.807) is 41.5 Å². The summed E-state index contributed by atoms with van der Waals surface area (Å²) < 4.78 is 1.63. The van der Waals surface area contributed by atoms with Gasteiger partial charge in [0.05, 0.1) is 10.0 Å². The van der Waals surface area contributed by atoms with Crippen LogP contribution in [0.25, 0.3) is 17.3 Å². The van der Waals surface area contributed by atoms with Crippen LogP contribution in [0.15, 0.2) is 36.9 Å². The van der Waals surface area contributed by atoms with E-state index in [-0.39, 0.29) is 5.28 Å². The van der Waals surface area contributed by atoms with Crippen molar-refractivity contribution < 1.29 is 0 Å². The van der Waals surface area contributed by atoms with Gasteiger partial charge in [-0.3, -0.25) is 4.57 Å². The Morgan fingerprint density at radius 2 is 1.80 bits per heavy atom. The predicted octanol–water partition coefficient (Wildman–Crippen LogP) is 3.68. The van der Waals surface area contributed by atoms with E-state index in [0.717, 1.165) is 0 Å². The monoisotopic (exact) mass is 325 g/mol. The summed E-state index contributed by atoms with van der Waals surface area (Å²) in [6.07, 6.45) is 4.91. The number of imidazole rings is 1. The zero-order chi connectivity index (χ0) is 14.1. The molecule has 100 valence electrons. The van der Waals surface area contributed by atoms with Crippen LogP contribution in [0.5, 0.6) is 0 Å². The third-order valence-corrected chi connectivity index (χ3v) is 3.42. The zero-order valence-electron chi connectivity index (χ0n) is 9.83. The topological polar surface area (TPSA) is 56.5 Å². The van der Waals surface area contributed by atoms with E-state index in [1.807, 2.05) is 0 Å². The van der Waals surface area contributed by atoms with Crippen LogP contribution in [0.2, 0.25) is 15.3 Å². The third-order valence-electron chi connectivity index (χ3n) is 2.51. The van der Waals surface area contributed by atoms with Crippen molar-refractivity contribution in [3.63, 3.8) is 0 Å². The summed E-state index contributed by atoms with van der Waals surface area (Å²) in [4.78, 5) is 16.4. The van der Waals surface area contributed by atoms with Crippen LogP contribution in [-0.4, -0.2) is 24.5 Å². The van der Waals surface area contributed by atoms with Crippen molar-refractivity contribution in [1.29, 1.82) is 0 Å². The molecule has 0 N–H and O–H groups in total. The number of rotatable bonds is 2. The molecule has 8 heteroatoms. The van der Waals surface area contributed by atoms with Gasteiger partial charge in [-0.25, -0.2) is 4.98 Å². The van der Waals surface area contributed by atoms with Crippen LogP contribution in [0.1, 0.15) is 0 Å². The maximum Gasteiger partial charge on any atom is 0.239 e. The Bertz CT molecular complexity index is 758. The number of hydrogen-bond acceptors (Lipinski definition) is 4. The number of halogens is 3. The highest BCUT2D eigenvalue weighted by atomic mass is 35.5. The fraction of sp³-hybridized carbons (Fsp3) is 0. The lowest BCUT2D eigenvalue weighted by Crippen LogP contribution is -2.02. The van der Waals surface area contributed by atoms with Gasteiger partial charge in [0.15, 0.2) is 5.82 Å². The molecular weight excluding hydrogens is 321 g/mol. The lowest BCUT2D eigenvalue weighted by Gasteiger charge is -2.05. The van der Waals surface area contributed by atoms with Gasteiger partial charge in [-0.05, 0) is 29.8 Å². The molecule has 5 nitrogen and oxygen atoms in total. The first kappa shape index (κ1) is 13.3. The van der Waals surface area contributed by atoms with Crippen LogP contribution in [0, 0.1) is 0 Å². The van der Waals surface area contributed by atoms with E-state index < -0.39 is 0 Å². The highest BCUT2D eigenvalue weighted by Crippen LogP contribution is 2.27. The molecule has 1 aromatic carbocycles. The normalized spacial score (nSPS) is 10.8. The molecule has 3 rings (SSSR count). The Morgan fingerprint density at radius 1 is 0.950 bits per heavy atom. The van der Waals surface area contributed by atoms with Crippen LogP contribution in [0.3, 0.4) is 0 Å². The minimum atomic E-state index is 0.0878. The molecule has 0 bridgehead atoms. The van der Waals surface area contributed by atoms with E-state index in [0.29, 0.717) is 27.4 Å². The van der Waals surface area contributed by atoms with E-state index in [1.165, 1.54) is 0 Å². The summed E-state index contributed by atoms with van der Waals surface area (Å²) in [6, 6.07) is 5.11. The Balaban J connectivity index is 2.12. The Morgan fingerprint density at radius 3 is 2.50 bits per heavy atom. The van der Waals surface area contributed by atoms with Crippen molar-refractivity contribution in [1.82, 2.24) is 24.5 Å². The lowest BCUT2D eigenvalue weighted by molar-refractivity contribution is 0.899. The Kier molecular flexibility index (Phi) is 3.56. The van der Waals surface area contributed by atoms with Gasteiger partial charge in [-0.2, -0.15) is 15.0 Å². The van der Waals surface area contributed by atoms with Crippen molar-refractivity contribution >= 4 is 34.8 Å². The number of aromatic nitrogens is 5. The fourth-order valence-corrected chi connectivity index (χ4v) is 2.05. The standard InChI is InChI=1S/C12H6Cl3N5/c13-8-2-1-7(5-9(8)14)10-17-11(15)19-12(18-10)20-4-3-16-6-20/h1-6H. The summed E-state index contributed by atoms with van der Waals surface area (Å²) in [7, 11) is 0. The summed E-state index contributed by atoms with van der Waals surface area (Å²) in [5.74, 6) is 0.788. The van der Waals surface area contributed by atoms with Crippen LogP contribution in [0.4, 0.5) is 0 Å². The molecule has 0 aliphatic rings. The first-order valence-electron chi connectivity index (χ1n) is 5.49. The molecule has 0 fully saturated rings. The molecule has 0 saturated heterocycles. The molecule has 0 amide bonds. The summed E-state index contributed by atoms with van der Waals surface area (Å²) in [6.45, 7) is 0. The van der Waals surface area contributed by atoms with E-state index in [9.17, 15) is 0 Å². The minimum Gasteiger partial charge on any atom is -0.274 e. The molecule has 0 radical (unpaired) electrons. The number of nitrogens with zero attached hydrogens (tertiary/aromatic N) is 5. The predicted molar refractivity (Wildman–Crippen MR) is 77.4 cm³/mol. The van der Waals surface area contributed by atoms with Crippen LogP contribution < -0.4 is 0 Å². The average Bonchev–Trinajstić information content (AvgIpc) is 2.95. The average molecular weight is 327 g/mol. The van der Waals surface area contributed by atoms with Crippen molar-refractivity contribution in [2.75, 3.05) is 0 Å². The SMILES string of the molecule is Clc1nc(-c2ccc(Cl)c(Cl)c2)nc(-n2ccnc2)n1. The molecule has 0 spiro atoms. The third kappa shape index (κ3) is 2.60. The minimum absolute atomic E-state index is 0.0878. The highest BCUT2D eigenvalue weighted by Gasteiger charge is 2.10. The van der Waals surface area contributed by atoms with Gasteiger partial charge in [0.2, 0.25) is 11.2 Å². The quantitative estimate of drug-likeness (QED) is 0.721.